The lowest BCUT2D eigenvalue weighted by molar-refractivity contribution is 0.0602. The lowest BCUT2D eigenvalue weighted by Gasteiger charge is -2.22. The molecule has 0 radical (unpaired) electrons. The second-order valence-electron chi connectivity index (χ2n) is 3.35. The second kappa shape index (κ2) is 4.77. The van der Waals surface area contributed by atoms with E-state index in [1.165, 1.54) is 6.20 Å². The molecule has 0 aliphatic carbocycles. The monoisotopic (exact) mass is 209 g/mol. The second-order valence-corrected chi connectivity index (χ2v) is 4.73. The minimum absolute atomic E-state index is 0.104. The predicted octanol–water partition coefficient (Wildman–Crippen LogP) is 1.61. The molecule has 0 saturated carbocycles. The summed E-state index contributed by atoms with van der Waals surface area (Å²) in [5.74, 6) is 0. The van der Waals surface area contributed by atoms with E-state index in [0.717, 1.165) is 0 Å². The zero-order chi connectivity index (χ0) is 10.5. The summed E-state index contributed by atoms with van der Waals surface area (Å²) in [6.07, 6.45) is 1.36. The van der Waals surface area contributed by atoms with Crippen LogP contribution in [0.5, 0.6) is 0 Å². The maximum absolute atomic E-state index is 11.1. The van der Waals surface area contributed by atoms with Gasteiger partial charge in [0, 0.05) is 0 Å². The van der Waals surface area contributed by atoms with Crippen molar-refractivity contribution in [1.82, 2.24) is 5.32 Å². The number of hydrogen-bond donors (Lipinski definition) is 2. The SMILES string of the molecule is C=CNCOP(=O)(O)OC(C)(C)C. The van der Waals surface area contributed by atoms with Gasteiger partial charge in [0.15, 0.2) is 0 Å². The first-order valence-corrected chi connectivity index (χ1v) is 5.29. The summed E-state index contributed by atoms with van der Waals surface area (Å²) < 4.78 is 20.5. The van der Waals surface area contributed by atoms with E-state index in [1.54, 1.807) is 20.8 Å². The van der Waals surface area contributed by atoms with Crippen LogP contribution in [0.15, 0.2) is 12.8 Å². The van der Waals surface area contributed by atoms with Crippen LogP contribution in [0.4, 0.5) is 0 Å². The highest BCUT2D eigenvalue weighted by atomic mass is 31.2. The molecule has 0 heterocycles. The van der Waals surface area contributed by atoms with E-state index in [1.807, 2.05) is 0 Å². The smallest absolute Gasteiger partial charge is 0.369 e. The third-order valence-electron chi connectivity index (χ3n) is 0.845. The topological polar surface area (TPSA) is 67.8 Å². The highest BCUT2D eigenvalue weighted by molar-refractivity contribution is 7.47. The summed E-state index contributed by atoms with van der Waals surface area (Å²) in [4.78, 5) is 9.11. The van der Waals surface area contributed by atoms with Gasteiger partial charge in [-0.3, -0.25) is 9.05 Å². The fraction of sp³-hybridized carbons (Fsp3) is 0.714. The molecule has 5 nitrogen and oxygen atoms in total. The Morgan fingerprint density at radius 3 is 2.54 bits per heavy atom. The highest BCUT2D eigenvalue weighted by Gasteiger charge is 2.28. The van der Waals surface area contributed by atoms with Gasteiger partial charge in [-0.05, 0) is 27.0 Å². The maximum Gasteiger partial charge on any atom is 0.474 e. The van der Waals surface area contributed by atoms with Gasteiger partial charge in [-0.25, -0.2) is 4.57 Å². The fourth-order valence-electron chi connectivity index (χ4n) is 0.550. The summed E-state index contributed by atoms with van der Waals surface area (Å²) in [7, 11) is -3.95. The molecule has 0 aromatic rings. The fourth-order valence-corrected chi connectivity index (χ4v) is 1.53. The number of phosphoric ester groups is 1. The average Bonchev–Trinajstić information content (AvgIpc) is 1.81. The predicted molar refractivity (Wildman–Crippen MR) is 49.9 cm³/mol. The molecule has 0 aromatic carbocycles. The Hall–Kier alpha value is -0.350. The van der Waals surface area contributed by atoms with E-state index in [9.17, 15) is 4.57 Å². The van der Waals surface area contributed by atoms with E-state index >= 15 is 0 Å². The van der Waals surface area contributed by atoms with Crippen molar-refractivity contribution in [2.75, 3.05) is 6.73 Å². The van der Waals surface area contributed by atoms with Crippen molar-refractivity contribution in [2.45, 2.75) is 26.4 Å². The molecule has 0 bridgehead atoms. The lowest BCUT2D eigenvalue weighted by Crippen LogP contribution is -2.19. The molecule has 0 aliphatic heterocycles. The van der Waals surface area contributed by atoms with Crippen molar-refractivity contribution in [2.24, 2.45) is 0 Å². The van der Waals surface area contributed by atoms with Crippen molar-refractivity contribution >= 4 is 7.82 Å². The standard InChI is InChI=1S/C7H16NO4P/c1-5-8-6-11-13(9,10)12-7(2,3)4/h5,8H,1,6H2,2-4H3,(H,9,10). The van der Waals surface area contributed by atoms with Gasteiger partial charge < -0.3 is 10.2 Å². The Bertz CT molecular complexity index is 211. The Morgan fingerprint density at radius 2 is 2.15 bits per heavy atom. The van der Waals surface area contributed by atoms with Crippen molar-refractivity contribution in [1.29, 1.82) is 0 Å². The number of nitrogens with one attached hydrogen (secondary N) is 1. The van der Waals surface area contributed by atoms with Crippen LogP contribution >= 0.6 is 7.82 Å². The molecule has 0 fully saturated rings. The van der Waals surface area contributed by atoms with E-state index in [4.69, 9.17) is 9.42 Å². The van der Waals surface area contributed by atoms with Gasteiger partial charge in [-0.2, -0.15) is 0 Å². The third-order valence-corrected chi connectivity index (χ3v) is 2.08. The van der Waals surface area contributed by atoms with Crippen LogP contribution in [-0.2, 0) is 13.6 Å². The van der Waals surface area contributed by atoms with Gasteiger partial charge in [0.25, 0.3) is 0 Å². The molecule has 0 saturated heterocycles. The molecular weight excluding hydrogens is 193 g/mol. The van der Waals surface area contributed by atoms with E-state index in [2.05, 4.69) is 16.4 Å². The molecular formula is C7H16NO4P. The molecule has 13 heavy (non-hydrogen) atoms. The normalized spacial score (nSPS) is 16.3. The summed E-state index contributed by atoms with van der Waals surface area (Å²) in [6, 6.07) is 0. The van der Waals surface area contributed by atoms with Crippen molar-refractivity contribution in [3.63, 3.8) is 0 Å². The van der Waals surface area contributed by atoms with Crippen LogP contribution in [0.25, 0.3) is 0 Å². The summed E-state index contributed by atoms with van der Waals surface area (Å²) in [6.45, 7) is 8.25. The van der Waals surface area contributed by atoms with Crippen LogP contribution in [0.3, 0.4) is 0 Å². The van der Waals surface area contributed by atoms with Crippen LogP contribution in [0, 0.1) is 0 Å². The molecule has 6 heteroatoms. The lowest BCUT2D eigenvalue weighted by atomic mass is 10.2. The van der Waals surface area contributed by atoms with Crippen LogP contribution in [0.1, 0.15) is 20.8 Å². The summed E-state index contributed by atoms with van der Waals surface area (Å²) in [5, 5.41) is 2.52. The van der Waals surface area contributed by atoms with Gasteiger partial charge in [0.1, 0.15) is 6.73 Å². The van der Waals surface area contributed by atoms with Crippen molar-refractivity contribution < 1.29 is 18.5 Å². The largest absolute Gasteiger partial charge is 0.474 e. The Balaban J connectivity index is 3.94. The maximum atomic E-state index is 11.1. The molecule has 0 amide bonds. The third kappa shape index (κ3) is 7.99. The number of hydrogen-bond acceptors (Lipinski definition) is 4. The van der Waals surface area contributed by atoms with E-state index in [-0.39, 0.29) is 6.73 Å². The zero-order valence-corrected chi connectivity index (χ0v) is 9.01. The molecule has 0 aromatic heterocycles. The summed E-state index contributed by atoms with van der Waals surface area (Å²) in [5.41, 5.74) is -0.710. The highest BCUT2D eigenvalue weighted by Crippen LogP contribution is 2.46. The quantitative estimate of drug-likeness (QED) is 0.409. The van der Waals surface area contributed by atoms with Crippen molar-refractivity contribution in [3.8, 4) is 0 Å². The van der Waals surface area contributed by atoms with Crippen LogP contribution in [0.2, 0.25) is 0 Å². The first-order valence-electron chi connectivity index (χ1n) is 3.79. The van der Waals surface area contributed by atoms with Gasteiger partial charge in [-0.1, -0.05) is 6.58 Å². The molecule has 0 spiro atoms. The van der Waals surface area contributed by atoms with E-state index < -0.39 is 13.4 Å². The van der Waals surface area contributed by atoms with Gasteiger partial charge in [-0.15, -0.1) is 0 Å². The first kappa shape index (κ1) is 12.7. The molecule has 78 valence electrons. The zero-order valence-electron chi connectivity index (χ0n) is 8.11. The Labute approximate surface area is 78.4 Å². The van der Waals surface area contributed by atoms with Crippen LogP contribution in [-0.4, -0.2) is 17.2 Å². The molecule has 1 atom stereocenters. The summed E-state index contributed by atoms with van der Waals surface area (Å²) >= 11 is 0. The minimum Gasteiger partial charge on any atom is -0.369 e. The van der Waals surface area contributed by atoms with Crippen molar-refractivity contribution in [3.05, 3.63) is 12.8 Å². The van der Waals surface area contributed by atoms with Gasteiger partial charge >= 0.3 is 7.82 Å². The first-order chi connectivity index (χ1) is 5.77. The number of rotatable bonds is 5. The molecule has 0 aliphatic rings. The van der Waals surface area contributed by atoms with Crippen LogP contribution < -0.4 is 5.32 Å². The Morgan fingerprint density at radius 1 is 1.62 bits per heavy atom. The molecule has 1 unspecified atom stereocenters. The van der Waals surface area contributed by atoms with E-state index in [0.29, 0.717) is 0 Å². The Kier molecular flexibility index (Phi) is 4.64. The average molecular weight is 209 g/mol. The minimum atomic E-state index is -3.95. The van der Waals surface area contributed by atoms with Gasteiger partial charge in [0.2, 0.25) is 0 Å². The number of phosphoric acid groups is 1. The molecule has 0 rings (SSSR count). The molecule has 2 N–H and O–H groups in total. The van der Waals surface area contributed by atoms with Gasteiger partial charge in [0.05, 0.1) is 5.60 Å².